The van der Waals surface area contributed by atoms with Crippen molar-refractivity contribution < 1.29 is 17.6 Å². The largest absolute Gasteiger partial charge is 0.418 e. The fourth-order valence-electron chi connectivity index (χ4n) is 1.26. The van der Waals surface area contributed by atoms with Crippen LogP contribution in [0, 0.1) is 5.82 Å². The first-order chi connectivity index (χ1) is 7.11. The maximum Gasteiger partial charge on any atom is 0.418 e. The van der Waals surface area contributed by atoms with Gasteiger partial charge >= 0.3 is 6.18 Å². The Hall–Kier alpha value is -1.26. The molecule has 1 rings (SSSR count). The van der Waals surface area contributed by atoms with Crippen molar-refractivity contribution in [3.05, 3.63) is 29.6 Å². The highest BCUT2D eigenvalue weighted by atomic mass is 19.4. The van der Waals surface area contributed by atoms with Gasteiger partial charge in [0.25, 0.3) is 0 Å². The van der Waals surface area contributed by atoms with Crippen LogP contribution in [-0.4, -0.2) is 5.54 Å². The zero-order valence-electron chi connectivity index (χ0n) is 9.24. The fraction of sp³-hybridized carbons (Fsp3) is 0.455. The van der Waals surface area contributed by atoms with Crippen LogP contribution in [0.1, 0.15) is 26.3 Å². The van der Waals surface area contributed by atoms with E-state index in [1.54, 1.807) is 20.8 Å². The first kappa shape index (κ1) is 12.8. The van der Waals surface area contributed by atoms with Gasteiger partial charge in [-0.25, -0.2) is 4.39 Å². The Bertz CT molecular complexity index is 377. The van der Waals surface area contributed by atoms with Gasteiger partial charge in [-0.2, -0.15) is 13.2 Å². The average molecular weight is 235 g/mol. The van der Waals surface area contributed by atoms with Crippen molar-refractivity contribution in [3.63, 3.8) is 0 Å². The Morgan fingerprint density at radius 3 is 2.06 bits per heavy atom. The highest BCUT2D eigenvalue weighted by Crippen LogP contribution is 2.37. The molecular weight excluding hydrogens is 222 g/mol. The van der Waals surface area contributed by atoms with E-state index < -0.39 is 28.8 Å². The van der Waals surface area contributed by atoms with Crippen molar-refractivity contribution in [2.75, 3.05) is 5.32 Å². The lowest BCUT2D eigenvalue weighted by atomic mass is 10.1. The minimum absolute atomic E-state index is 0.498. The number of rotatable bonds is 1. The molecule has 1 nitrogen and oxygen atoms in total. The Labute approximate surface area is 91.5 Å². The fourth-order valence-corrected chi connectivity index (χ4v) is 1.26. The van der Waals surface area contributed by atoms with E-state index >= 15 is 0 Å². The molecule has 1 N–H and O–H groups in total. The topological polar surface area (TPSA) is 12.0 Å². The van der Waals surface area contributed by atoms with Crippen molar-refractivity contribution in [1.82, 2.24) is 0 Å². The summed E-state index contributed by atoms with van der Waals surface area (Å²) in [5.41, 5.74) is -2.12. The molecule has 16 heavy (non-hydrogen) atoms. The number of anilines is 1. The van der Waals surface area contributed by atoms with Crippen LogP contribution in [-0.2, 0) is 6.18 Å². The van der Waals surface area contributed by atoms with Gasteiger partial charge in [-0.3, -0.25) is 0 Å². The second kappa shape index (κ2) is 3.96. The average Bonchev–Trinajstić information content (AvgIpc) is 2.04. The third-order valence-electron chi connectivity index (χ3n) is 1.82. The van der Waals surface area contributed by atoms with Crippen molar-refractivity contribution in [2.45, 2.75) is 32.5 Å². The zero-order chi connectivity index (χ0) is 12.6. The predicted octanol–water partition coefficient (Wildman–Crippen LogP) is 4.05. The van der Waals surface area contributed by atoms with Crippen LogP contribution in [0.25, 0.3) is 0 Å². The van der Waals surface area contributed by atoms with Crippen molar-refractivity contribution >= 4 is 5.69 Å². The third kappa shape index (κ3) is 3.12. The molecule has 0 saturated heterocycles. The predicted molar refractivity (Wildman–Crippen MR) is 54.8 cm³/mol. The van der Waals surface area contributed by atoms with Crippen LogP contribution in [0.3, 0.4) is 0 Å². The molecule has 0 saturated carbocycles. The maximum absolute atomic E-state index is 13.3. The lowest BCUT2D eigenvalue weighted by molar-refractivity contribution is -0.137. The van der Waals surface area contributed by atoms with E-state index in [4.69, 9.17) is 0 Å². The summed E-state index contributed by atoms with van der Waals surface area (Å²) >= 11 is 0. The second-order valence-corrected chi connectivity index (χ2v) is 4.54. The molecule has 90 valence electrons. The highest BCUT2D eigenvalue weighted by Gasteiger charge is 2.35. The van der Waals surface area contributed by atoms with E-state index in [2.05, 4.69) is 5.32 Å². The number of halogens is 4. The van der Waals surface area contributed by atoms with Crippen LogP contribution in [0.2, 0.25) is 0 Å². The quantitative estimate of drug-likeness (QED) is 0.724. The molecule has 0 aromatic heterocycles. The Kier molecular flexibility index (Phi) is 3.17. The van der Waals surface area contributed by atoms with Gasteiger partial charge in [0.15, 0.2) is 0 Å². The first-order valence-electron chi connectivity index (χ1n) is 4.75. The van der Waals surface area contributed by atoms with E-state index in [1.807, 2.05) is 0 Å². The van der Waals surface area contributed by atoms with E-state index in [-0.39, 0.29) is 0 Å². The third-order valence-corrected chi connectivity index (χ3v) is 1.82. The molecule has 5 heteroatoms. The number of hydrogen-bond donors (Lipinski definition) is 1. The van der Waals surface area contributed by atoms with Crippen molar-refractivity contribution in [1.29, 1.82) is 0 Å². The standard InChI is InChI=1S/C11H13F4N/c1-10(2,3)16-9-7(11(13,14)15)5-4-6-8(9)12/h4-6,16H,1-3H3. The lowest BCUT2D eigenvalue weighted by Crippen LogP contribution is -2.28. The summed E-state index contributed by atoms with van der Waals surface area (Å²) in [5.74, 6) is -0.898. The van der Waals surface area contributed by atoms with Gasteiger partial charge in [-0.05, 0) is 32.9 Å². The molecule has 0 atom stereocenters. The van der Waals surface area contributed by atoms with Gasteiger partial charge in [-0.1, -0.05) is 6.07 Å². The summed E-state index contributed by atoms with van der Waals surface area (Å²) in [7, 11) is 0. The normalized spacial score (nSPS) is 12.7. The number of alkyl halides is 3. The number of para-hydroxylation sites is 1. The Balaban J connectivity index is 3.25. The van der Waals surface area contributed by atoms with Crippen molar-refractivity contribution in [3.8, 4) is 0 Å². The molecule has 0 bridgehead atoms. The van der Waals surface area contributed by atoms with Gasteiger partial charge < -0.3 is 5.32 Å². The van der Waals surface area contributed by atoms with Crippen LogP contribution < -0.4 is 5.32 Å². The molecule has 0 aliphatic rings. The molecule has 0 spiro atoms. The molecule has 0 aliphatic heterocycles. The second-order valence-electron chi connectivity index (χ2n) is 4.54. The van der Waals surface area contributed by atoms with Gasteiger partial charge in [0.1, 0.15) is 5.82 Å². The number of hydrogen-bond acceptors (Lipinski definition) is 1. The van der Waals surface area contributed by atoms with Crippen LogP contribution in [0.5, 0.6) is 0 Å². The minimum Gasteiger partial charge on any atom is -0.378 e. The van der Waals surface area contributed by atoms with Gasteiger partial charge in [0, 0.05) is 5.54 Å². The summed E-state index contributed by atoms with van der Waals surface area (Å²) in [4.78, 5) is 0. The monoisotopic (exact) mass is 235 g/mol. The molecule has 0 fully saturated rings. The van der Waals surface area contributed by atoms with E-state index in [0.29, 0.717) is 0 Å². The number of nitrogens with one attached hydrogen (secondary N) is 1. The summed E-state index contributed by atoms with van der Waals surface area (Å²) < 4.78 is 51.1. The van der Waals surface area contributed by atoms with Gasteiger partial charge in [-0.15, -0.1) is 0 Å². The van der Waals surface area contributed by atoms with Gasteiger partial charge in [0.05, 0.1) is 11.3 Å². The summed E-state index contributed by atoms with van der Waals surface area (Å²) in [5, 5.41) is 2.53. The Morgan fingerprint density at radius 2 is 1.62 bits per heavy atom. The minimum atomic E-state index is -4.56. The molecule has 1 aromatic rings. The highest BCUT2D eigenvalue weighted by molar-refractivity contribution is 5.55. The van der Waals surface area contributed by atoms with Crippen molar-refractivity contribution in [2.24, 2.45) is 0 Å². The molecule has 0 radical (unpaired) electrons. The van der Waals surface area contributed by atoms with E-state index in [0.717, 1.165) is 18.2 Å². The van der Waals surface area contributed by atoms with Crippen LogP contribution in [0.15, 0.2) is 18.2 Å². The molecule has 0 aliphatic carbocycles. The first-order valence-corrected chi connectivity index (χ1v) is 4.75. The van der Waals surface area contributed by atoms with Crippen LogP contribution in [0.4, 0.5) is 23.2 Å². The molecule has 0 unspecified atom stereocenters. The molecule has 0 amide bonds. The molecular formula is C11H13F4N. The summed E-state index contributed by atoms with van der Waals surface area (Å²) in [6, 6.07) is 2.91. The summed E-state index contributed by atoms with van der Waals surface area (Å²) in [6.45, 7) is 5.00. The van der Waals surface area contributed by atoms with E-state index in [1.165, 1.54) is 0 Å². The SMILES string of the molecule is CC(C)(C)Nc1c(F)cccc1C(F)(F)F. The van der Waals surface area contributed by atoms with Gasteiger partial charge in [0.2, 0.25) is 0 Å². The molecule has 0 heterocycles. The van der Waals surface area contributed by atoms with E-state index in [9.17, 15) is 17.6 Å². The lowest BCUT2D eigenvalue weighted by Gasteiger charge is -2.25. The molecule has 1 aromatic carbocycles. The Morgan fingerprint density at radius 1 is 1.06 bits per heavy atom. The smallest absolute Gasteiger partial charge is 0.378 e. The van der Waals surface area contributed by atoms with Crippen LogP contribution >= 0.6 is 0 Å². The maximum atomic E-state index is 13.3. The number of benzene rings is 1. The summed E-state index contributed by atoms with van der Waals surface area (Å²) in [6.07, 6.45) is -4.56. The zero-order valence-corrected chi connectivity index (χ0v) is 9.24.